The third-order valence-corrected chi connectivity index (χ3v) is 7.12. The molecule has 0 saturated heterocycles. The van der Waals surface area contributed by atoms with Gasteiger partial charge in [-0.2, -0.15) is 0 Å². The van der Waals surface area contributed by atoms with Crippen LogP contribution in [-0.4, -0.2) is 27.9 Å². The van der Waals surface area contributed by atoms with Crippen molar-refractivity contribution in [2.24, 2.45) is 14.1 Å². The Labute approximate surface area is 212 Å². The van der Waals surface area contributed by atoms with Crippen LogP contribution in [0, 0.1) is 0 Å². The van der Waals surface area contributed by atoms with Crippen LogP contribution in [0.4, 0.5) is 5.69 Å². The summed E-state index contributed by atoms with van der Waals surface area (Å²) in [5.41, 5.74) is 4.84. The van der Waals surface area contributed by atoms with E-state index in [4.69, 9.17) is 9.47 Å². The fourth-order valence-corrected chi connectivity index (χ4v) is 5.39. The number of nitrogens with zero attached hydrogens (tertiary/aromatic N) is 3. The minimum absolute atomic E-state index is 0.340. The van der Waals surface area contributed by atoms with Gasteiger partial charge >= 0.3 is 5.69 Å². The molecule has 0 spiro atoms. The van der Waals surface area contributed by atoms with Crippen molar-refractivity contribution < 1.29 is 9.47 Å². The minimum Gasteiger partial charge on any atom is -0.497 e. The van der Waals surface area contributed by atoms with Gasteiger partial charge in [0.1, 0.15) is 11.5 Å². The van der Waals surface area contributed by atoms with E-state index in [1.807, 2.05) is 72.8 Å². The number of hydrogen-bond donors (Lipinski definition) is 1. The first-order valence-electron chi connectivity index (χ1n) is 11.9. The molecule has 37 heavy (non-hydrogen) atoms. The molecule has 6 rings (SSSR count). The maximum atomic E-state index is 13.8. The topological polar surface area (TPSA) is 79.4 Å². The molecule has 0 unspecified atom stereocenters. The number of anilines is 1. The van der Waals surface area contributed by atoms with Gasteiger partial charge in [0.2, 0.25) is 0 Å². The standard InChI is InChI=1S/C29H26N4O4/c1-31-26-23(28(34)32(2)29(31)35)25(17-10-6-5-7-11-17)33-21-13-9-8-12-20(21)30-24(27(26)33)19-16-18(36-3)14-15-22(19)37-4/h5-16,24,30H,1-4H3/t24-/m1/s1. The monoisotopic (exact) mass is 494 g/mol. The highest BCUT2D eigenvalue weighted by atomic mass is 16.5. The predicted octanol–water partition coefficient (Wildman–Crippen LogP) is 4.23. The highest BCUT2D eigenvalue weighted by Crippen LogP contribution is 2.47. The van der Waals surface area contributed by atoms with Crippen molar-refractivity contribution in [1.29, 1.82) is 0 Å². The smallest absolute Gasteiger partial charge is 0.331 e. The molecular formula is C29H26N4O4. The molecule has 1 atom stereocenters. The molecule has 186 valence electrons. The molecule has 0 aliphatic carbocycles. The van der Waals surface area contributed by atoms with Crippen LogP contribution in [-0.2, 0) is 14.1 Å². The zero-order chi connectivity index (χ0) is 25.8. The molecule has 0 saturated carbocycles. The molecule has 1 N–H and O–H groups in total. The SMILES string of the molecule is COc1ccc(OC)c([C@H]2Nc3ccccc3-n3c(-c4ccccc4)c4c(=O)n(C)c(=O)n(C)c4c32)c1. The van der Waals surface area contributed by atoms with Crippen LogP contribution < -0.4 is 26.0 Å². The maximum absolute atomic E-state index is 13.8. The summed E-state index contributed by atoms with van der Waals surface area (Å²) >= 11 is 0. The Balaban J connectivity index is 1.86. The van der Waals surface area contributed by atoms with Crippen molar-refractivity contribution in [3.8, 4) is 28.4 Å². The molecule has 3 aromatic carbocycles. The van der Waals surface area contributed by atoms with Gasteiger partial charge in [0.15, 0.2) is 0 Å². The van der Waals surface area contributed by atoms with Gasteiger partial charge in [0, 0.05) is 19.7 Å². The third-order valence-electron chi connectivity index (χ3n) is 7.12. The lowest BCUT2D eigenvalue weighted by molar-refractivity contribution is 0.397. The number of para-hydroxylation sites is 2. The van der Waals surface area contributed by atoms with Crippen molar-refractivity contribution in [2.75, 3.05) is 19.5 Å². The summed E-state index contributed by atoms with van der Waals surface area (Å²) in [4.78, 5) is 27.0. The number of nitrogens with one attached hydrogen (secondary N) is 1. The van der Waals surface area contributed by atoms with Crippen LogP contribution in [0.25, 0.3) is 27.8 Å². The van der Waals surface area contributed by atoms with E-state index in [1.54, 1.807) is 25.8 Å². The lowest BCUT2D eigenvalue weighted by Gasteiger charge is -2.32. The van der Waals surface area contributed by atoms with Gasteiger partial charge in [-0.05, 0) is 35.9 Å². The molecule has 8 heteroatoms. The summed E-state index contributed by atoms with van der Waals surface area (Å²) in [6, 6.07) is 22.9. The first-order chi connectivity index (χ1) is 18.0. The number of methoxy groups -OCH3 is 2. The van der Waals surface area contributed by atoms with E-state index in [9.17, 15) is 9.59 Å². The Morgan fingerprint density at radius 1 is 0.838 bits per heavy atom. The first kappa shape index (κ1) is 22.7. The summed E-state index contributed by atoms with van der Waals surface area (Å²) in [5.74, 6) is 1.33. The van der Waals surface area contributed by atoms with E-state index in [1.165, 1.54) is 11.6 Å². The lowest BCUT2D eigenvalue weighted by atomic mass is 9.98. The number of rotatable bonds is 4. The third kappa shape index (κ3) is 3.22. The highest BCUT2D eigenvalue weighted by Gasteiger charge is 2.36. The van der Waals surface area contributed by atoms with E-state index in [0.29, 0.717) is 22.4 Å². The highest BCUT2D eigenvalue weighted by molar-refractivity contribution is 5.99. The zero-order valence-corrected chi connectivity index (χ0v) is 21.0. The van der Waals surface area contributed by atoms with E-state index in [0.717, 1.165) is 33.9 Å². The van der Waals surface area contributed by atoms with Gasteiger partial charge in [-0.15, -0.1) is 0 Å². The van der Waals surface area contributed by atoms with Gasteiger partial charge < -0.3 is 19.4 Å². The van der Waals surface area contributed by atoms with Gasteiger partial charge in [0.25, 0.3) is 5.56 Å². The van der Waals surface area contributed by atoms with Gasteiger partial charge in [-0.3, -0.25) is 13.9 Å². The van der Waals surface area contributed by atoms with Crippen molar-refractivity contribution >= 4 is 16.6 Å². The van der Waals surface area contributed by atoms with Gasteiger partial charge in [0.05, 0.1) is 53.9 Å². The summed E-state index contributed by atoms with van der Waals surface area (Å²) in [5, 5.41) is 4.14. The molecule has 1 aliphatic rings. The predicted molar refractivity (Wildman–Crippen MR) is 144 cm³/mol. The van der Waals surface area contributed by atoms with Crippen LogP contribution in [0.2, 0.25) is 0 Å². The van der Waals surface area contributed by atoms with Crippen LogP contribution in [0.1, 0.15) is 17.3 Å². The Morgan fingerprint density at radius 3 is 2.30 bits per heavy atom. The fourth-order valence-electron chi connectivity index (χ4n) is 5.39. The molecule has 0 amide bonds. The average Bonchev–Trinajstić information content (AvgIpc) is 3.31. The van der Waals surface area contributed by atoms with Crippen LogP contribution in [0.15, 0.2) is 82.4 Å². The average molecular weight is 495 g/mol. The molecule has 2 aromatic heterocycles. The largest absolute Gasteiger partial charge is 0.497 e. The Kier molecular flexibility index (Phi) is 5.19. The molecule has 0 fully saturated rings. The van der Waals surface area contributed by atoms with Crippen molar-refractivity contribution in [2.45, 2.75) is 6.04 Å². The van der Waals surface area contributed by atoms with Crippen molar-refractivity contribution in [3.63, 3.8) is 0 Å². The Bertz CT molecular complexity index is 1800. The van der Waals surface area contributed by atoms with E-state index >= 15 is 0 Å². The van der Waals surface area contributed by atoms with E-state index in [-0.39, 0.29) is 11.2 Å². The molecule has 0 radical (unpaired) electrons. The van der Waals surface area contributed by atoms with E-state index in [2.05, 4.69) is 9.88 Å². The summed E-state index contributed by atoms with van der Waals surface area (Å²) in [6.07, 6.45) is 0. The van der Waals surface area contributed by atoms with Crippen LogP contribution >= 0.6 is 0 Å². The van der Waals surface area contributed by atoms with Gasteiger partial charge in [-0.1, -0.05) is 42.5 Å². The second-order valence-electron chi connectivity index (χ2n) is 9.07. The number of benzene rings is 3. The zero-order valence-electron chi connectivity index (χ0n) is 21.0. The molecule has 8 nitrogen and oxygen atoms in total. The first-order valence-corrected chi connectivity index (χ1v) is 11.9. The quantitative estimate of drug-likeness (QED) is 0.405. The summed E-state index contributed by atoms with van der Waals surface area (Å²) in [6.45, 7) is 0. The number of fused-ring (bicyclic) bond motifs is 5. The second kappa shape index (κ2) is 8.44. The normalized spacial score (nSPS) is 14.1. The number of aryl methyl sites for hydroxylation is 1. The maximum Gasteiger partial charge on any atom is 0.331 e. The van der Waals surface area contributed by atoms with Crippen molar-refractivity contribution in [3.05, 3.63) is 105 Å². The van der Waals surface area contributed by atoms with E-state index < -0.39 is 6.04 Å². The molecule has 1 aliphatic heterocycles. The van der Waals surface area contributed by atoms with Gasteiger partial charge in [-0.25, -0.2) is 4.79 Å². The molecule has 0 bridgehead atoms. The number of hydrogen-bond acceptors (Lipinski definition) is 5. The number of aromatic nitrogens is 3. The molecule has 3 heterocycles. The second-order valence-corrected chi connectivity index (χ2v) is 9.07. The van der Waals surface area contributed by atoms with Crippen LogP contribution in [0.3, 0.4) is 0 Å². The van der Waals surface area contributed by atoms with Crippen molar-refractivity contribution in [1.82, 2.24) is 13.7 Å². The van der Waals surface area contributed by atoms with Crippen LogP contribution in [0.5, 0.6) is 11.5 Å². The number of ether oxygens (including phenoxy) is 2. The Hall–Kier alpha value is -4.72. The molecule has 5 aromatic rings. The molecular weight excluding hydrogens is 468 g/mol. The summed E-state index contributed by atoms with van der Waals surface area (Å²) in [7, 11) is 6.47. The fraction of sp³-hybridized carbons (Fsp3) is 0.172. The minimum atomic E-state index is -0.447. The lowest BCUT2D eigenvalue weighted by Crippen LogP contribution is -2.37. The Morgan fingerprint density at radius 2 is 1.57 bits per heavy atom. The summed E-state index contributed by atoms with van der Waals surface area (Å²) < 4.78 is 16.1.